The topological polar surface area (TPSA) is 29.1 Å². The number of nitrogens with one attached hydrogen (secondary N) is 1. The van der Waals surface area contributed by atoms with Gasteiger partial charge < -0.3 is 5.32 Å². The van der Waals surface area contributed by atoms with Gasteiger partial charge in [-0.15, -0.1) is 0 Å². The third-order valence-corrected chi connectivity index (χ3v) is 5.52. The van der Waals surface area contributed by atoms with E-state index in [1.54, 1.807) is 0 Å². The maximum Gasteiger partial charge on any atom is 0.251 e. The normalized spacial score (nSPS) is 17.7. The molecular formula is C14H18BrNOS. The van der Waals surface area contributed by atoms with E-state index in [0.29, 0.717) is 0 Å². The molecule has 0 atom stereocenters. The van der Waals surface area contributed by atoms with Crippen molar-refractivity contribution in [1.29, 1.82) is 0 Å². The van der Waals surface area contributed by atoms with Gasteiger partial charge >= 0.3 is 0 Å². The molecule has 1 aromatic rings. The minimum Gasteiger partial charge on any atom is -0.351 e. The highest BCUT2D eigenvalue weighted by molar-refractivity contribution is 9.10. The summed E-state index contributed by atoms with van der Waals surface area (Å²) in [6.45, 7) is 0.777. The molecule has 1 N–H and O–H groups in total. The Kier molecular flexibility index (Phi) is 4.73. The second-order valence-corrected chi connectivity index (χ2v) is 6.98. The van der Waals surface area contributed by atoms with Crippen molar-refractivity contribution in [1.82, 2.24) is 5.32 Å². The number of hydrogen-bond donors (Lipinski definition) is 1. The molecule has 1 amide bonds. The largest absolute Gasteiger partial charge is 0.351 e. The van der Waals surface area contributed by atoms with Gasteiger partial charge in [-0.1, -0.05) is 34.8 Å². The maximum atomic E-state index is 12.1. The summed E-state index contributed by atoms with van der Waals surface area (Å²) in [6.07, 6.45) is 7.15. The Morgan fingerprint density at radius 2 is 2.17 bits per heavy atom. The van der Waals surface area contributed by atoms with Crippen LogP contribution in [-0.2, 0) is 0 Å². The summed E-state index contributed by atoms with van der Waals surface area (Å²) in [6, 6.07) is 7.52. The molecule has 1 fully saturated rings. The van der Waals surface area contributed by atoms with Gasteiger partial charge in [0.05, 0.1) is 0 Å². The van der Waals surface area contributed by atoms with Gasteiger partial charge in [-0.3, -0.25) is 4.79 Å². The van der Waals surface area contributed by atoms with Gasteiger partial charge in [0.15, 0.2) is 0 Å². The van der Waals surface area contributed by atoms with Crippen LogP contribution in [0.1, 0.15) is 36.0 Å². The van der Waals surface area contributed by atoms with Crippen LogP contribution < -0.4 is 5.32 Å². The van der Waals surface area contributed by atoms with Crippen molar-refractivity contribution in [3.63, 3.8) is 0 Å². The van der Waals surface area contributed by atoms with Crippen LogP contribution in [0.3, 0.4) is 0 Å². The molecule has 2 rings (SSSR count). The summed E-state index contributed by atoms with van der Waals surface area (Å²) in [5, 5.41) is 3.08. The lowest BCUT2D eigenvalue weighted by Gasteiger charge is -2.26. The van der Waals surface area contributed by atoms with Crippen LogP contribution in [0.5, 0.6) is 0 Å². The van der Waals surface area contributed by atoms with Crippen molar-refractivity contribution in [3.8, 4) is 0 Å². The molecule has 2 nitrogen and oxygen atoms in total. The predicted molar refractivity (Wildman–Crippen MR) is 81.2 cm³/mol. The first-order chi connectivity index (χ1) is 8.65. The van der Waals surface area contributed by atoms with Crippen LogP contribution in [0.25, 0.3) is 0 Å². The quantitative estimate of drug-likeness (QED) is 0.909. The van der Waals surface area contributed by atoms with Gasteiger partial charge in [0.1, 0.15) is 0 Å². The van der Waals surface area contributed by atoms with E-state index in [1.807, 2.05) is 36.0 Å². The molecule has 1 aromatic carbocycles. The molecule has 4 heteroatoms. The Balaban J connectivity index is 1.96. The van der Waals surface area contributed by atoms with Crippen LogP contribution in [0, 0.1) is 0 Å². The lowest BCUT2D eigenvalue weighted by Crippen LogP contribution is -2.38. The Morgan fingerprint density at radius 3 is 2.78 bits per heavy atom. The lowest BCUT2D eigenvalue weighted by molar-refractivity contribution is 0.0949. The number of benzene rings is 1. The van der Waals surface area contributed by atoms with Crippen molar-refractivity contribution in [3.05, 3.63) is 34.3 Å². The Hall–Kier alpha value is -0.480. The van der Waals surface area contributed by atoms with E-state index in [9.17, 15) is 4.79 Å². The van der Waals surface area contributed by atoms with Crippen LogP contribution in [0.4, 0.5) is 0 Å². The molecule has 0 radical (unpaired) electrons. The molecule has 1 saturated carbocycles. The molecule has 1 aliphatic rings. The average molecular weight is 328 g/mol. The van der Waals surface area contributed by atoms with Gasteiger partial charge in [-0.2, -0.15) is 11.8 Å². The number of amides is 1. The van der Waals surface area contributed by atoms with E-state index in [1.165, 1.54) is 25.7 Å². The van der Waals surface area contributed by atoms with E-state index in [0.717, 1.165) is 16.6 Å². The van der Waals surface area contributed by atoms with E-state index in [2.05, 4.69) is 27.5 Å². The van der Waals surface area contributed by atoms with E-state index in [4.69, 9.17) is 0 Å². The van der Waals surface area contributed by atoms with Gasteiger partial charge in [0.25, 0.3) is 5.91 Å². The Bertz CT molecular complexity index is 430. The number of halogens is 1. The van der Waals surface area contributed by atoms with Crippen molar-refractivity contribution in [2.75, 3.05) is 12.8 Å². The first kappa shape index (κ1) is 13.9. The first-order valence-electron chi connectivity index (χ1n) is 6.24. The fraction of sp³-hybridized carbons (Fsp3) is 0.500. The molecule has 0 bridgehead atoms. The average Bonchev–Trinajstić information content (AvgIpc) is 2.85. The molecule has 0 heterocycles. The number of carbonyl (C=O) groups is 1. The smallest absolute Gasteiger partial charge is 0.251 e. The van der Waals surface area contributed by atoms with E-state index < -0.39 is 0 Å². The summed E-state index contributed by atoms with van der Waals surface area (Å²) >= 11 is 5.28. The Morgan fingerprint density at radius 1 is 1.44 bits per heavy atom. The van der Waals surface area contributed by atoms with Gasteiger partial charge in [-0.05, 0) is 37.3 Å². The van der Waals surface area contributed by atoms with Gasteiger partial charge in [-0.25, -0.2) is 0 Å². The van der Waals surface area contributed by atoms with E-state index in [-0.39, 0.29) is 10.7 Å². The number of carbonyl (C=O) groups excluding carboxylic acids is 1. The predicted octanol–water partition coefficient (Wildman–Crippen LogP) is 3.85. The van der Waals surface area contributed by atoms with Crippen LogP contribution in [0.15, 0.2) is 28.7 Å². The zero-order chi connectivity index (χ0) is 13.0. The summed E-state index contributed by atoms with van der Waals surface area (Å²) in [5.74, 6) is 0.0247. The molecule has 0 unspecified atom stereocenters. The molecule has 1 aliphatic carbocycles. The van der Waals surface area contributed by atoms with Gasteiger partial charge in [0, 0.05) is 21.3 Å². The van der Waals surface area contributed by atoms with E-state index >= 15 is 0 Å². The lowest BCUT2D eigenvalue weighted by atomic mass is 10.1. The monoisotopic (exact) mass is 327 g/mol. The third kappa shape index (κ3) is 3.29. The van der Waals surface area contributed by atoms with Crippen molar-refractivity contribution >= 4 is 33.6 Å². The fourth-order valence-electron chi connectivity index (χ4n) is 2.45. The zero-order valence-electron chi connectivity index (χ0n) is 10.5. The zero-order valence-corrected chi connectivity index (χ0v) is 12.9. The van der Waals surface area contributed by atoms with Crippen LogP contribution >= 0.6 is 27.7 Å². The van der Waals surface area contributed by atoms with Crippen molar-refractivity contribution < 1.29 is 4.79 Å². The van der Waals surface area contributed by atoms with Gasteiger partial charge in [0.2, 0.25) is 0 Å². The van der Waals surface area contributed by atoms with Crippen molar-refractivity contribution in [2.24, 2.45) is 0 Å². The molecular weight excluding hydrogens is 310 g/mol. The summed E-state index contributed by atoms with van der Waals surface area (Å²) in [4.78, 5) is 12.1. The second kappa shape index (κ2) is 6.11. The van der Waals surface area contributed by atoms with Crippen LogP contribution in [0.2, 0.25) is 0 Å². The molecule has 0 saturated heterocycles. The minimum atomic E-state index is 0.0247. The van der Waals surface area contributed by atoms with Crippen LogP contribution in [-0.4, -0.2) is 23.5 Å². The maximum absolute atomic E-state index is 12.1. The Labute approximate surface area is 121 Å². The fourth-order valence-corrected chi connectivity index (χ4v) is 3.76. The molecule has 0 aliphatic heterocycles. The second-order valence-electron chi connectivity index (χ2n) is 4.79. The minimum absolute atomic E-state index is 0.0247. The number of rotatable bonds is 4. The standard InChI is InChI=1S/C14H18BrNOS/c1-18-14(7-2-3-8-14)10-16-13(17)11-5-4-6-12(15)9-11/h4-6,9H,2-3,7-8,10H2,1H3,(H,16,17). The summed E-state index contributed by atoms with van der Waals surface area (Å²) in [7, 11) is 0. The SMILES string of the molecule is CSC1(CNC(=O)c2cccc(Br)c2)CCCC1. The number of thioether (sulfide) groups is 1. The third-order valence-electron chi connectivity index (χ3n) is 3.61. The highest BCUT2D eigenvalue weighted by Gasteiger charge is 2.33. The highest BCUT2D eigenvalue weighted by atomic mass is 79.9. The summed E-state index contributed by atoms with van der Waals surface area (Å²) < 4.78 is 1.21. The number of hydrogen-bond acceptors (Lipinski definition) is 2. The molecule has 0 aromatic heterocycles. The highest BCUT2D eigenvalue weighted by Crippen LogP contribution is 2.39. The molecule has 0 spiro atoms. The van der Waals surface area contributed by atoms with Crippen molar-refractivity contribution in [2.45, 2.75) is 30.4 Å². The summed E-state index contributed by atoms with van der Waals surface area (Å²) in [5.41, 5.74) is 0.721. The molecule has 18 heavy (non-hydrogen) atoms. The molecule has 98 valence electrons. The first-order valence-corrected chi connectivity index (χ1v) is 8.26.